The molecule has 0 spiro atoms. The van der Waals surface area contributed by atoms with Gasteiger partial charge in [-0.1, -0.05) is 0 Å². The Kier molecular flexibility index (Phi) is 4.96. The zero-order valence-corrected chi connectivity index (χ0v) is 8.15. The zero-order valence-electron chi connectivity index (χ0n) is 8.15. The van der Waals surface area contributed by atoms with Gasteiger partial charge in [-0.3, -0.25) is 4.98 Å². The van der Waals surface area contributed by atoms with Crippen LogP contribution in [0.5, 0.6) is 5.75 Å². The maximum absolute atomic E-state index is 8.55. The highest BCUT2D eigenvalue weighted by Gasteiger charge is 1.95. The van der Waals surface area contributed by atoms with Crippen LogP contribution in [0.4, 0.5) is 0 Å². The van der Waals surface area contributed by atoms with Crippen LogP contribution in [0.3, 0.4) is 0 Å². The number of nitrogens with two attached hydrogens (primary N) is 1. The monoisotopic (exact) mass is 196 g/mol. The van der Waals surface area contributed by atoms with E-state index in [1.54, 1.807) is 6.20 Å². The zero-order chi connectivity index (χ0) is 10.2. The lowest BCUT2D eigenvalue weighted by atomic mass is 10.3. The molecule has 4 heteroatoms. The normalized spacial score (nSPS) is 10.1. The van der Waals surface area contributed by atoms with Gasteiger partial charge in [0.25, 0.3) is 0 Å². The quantitative estimate of drug-likeness (QED) is 0.657. The number of aromatic nitrogens is 1. The minimum atomic E-state index is 0.216. The highest BCUT2D eigenvalue weighted by atomic mass is 16.5. The van der Waals surface area contributed by atoms with Gasteiger partial charge in [0.05, 0.1) is 18.5 Å². The Morgan fingerprint density at radius 2 is 2.21 bits per heavy atom. The second kappa shape index (κ2) is 6.34. The molecule has 0 atom stereocenters. The van der Waals surface area contributed by atoms with Crippen molar-refractivity contribution in [3.63, 3.8) is 0 Å². The van der Waals surface area contributed by atoms with Crippen molar-refractivity contribution in [2.24, 2.45) is 5.73 Å². The fourth-order valence-corrected chi connectivity index (χ4v) is 1.02. The van der Waals surface area contributed by atoms with Crippen LogP contribution in [-0.2, 0) is 6.54 Å². The van der Waals surface area contributed by atoms with E-state index in [-0.39, 0.29) is 6.61 Å². The van der Waals surface area contributed by atoms with Gasteiger partial charge in [-0.15, -0.1) is 0 Å². The molecule has 1 rings (SSSR count). The Bertz CT molecular complexity index is 249. The third-order valence-electron chi connectivity index (χ3n) is 1.83. The predicted octanol–water partition coefficient (Wildman–Crippen LogP) is 0.692. The molecule has 0 amide bonds. The Balaban J connectivity index is 2.29. The number of aliphatic hydroxyl groups is 1. The van der Waals surface area contributed by atoms with E-state index in [0.29, 0.717) is 13.2 Å². The molecule has 0 bridgehead atoms. The number of rotatable bonds is 6. The van der Waals surface area contributed by atoms with Crippen LogP contribution in [0.2, 0.25) is 0 Å². The first-order chi connectivity index (χ1) is 6.86. The van der Waals surface area contributed by atoms with Crippen molar-refractivity contribution >= 4 is 0 Å². The number of aliphatic hydroxyl groups excluding tert-OH is 1. The first-order valence-electron chi connectivity index (χ1n) is 4.75. The minimum Gasteiger partial charge on any atom is -0.492 e. The molecule has 1 aromatic rings. The molecule has 0 aliphatic heterocycles. The fourth-order valence-electron chi connectivity index (χ4n) is 1.02. The van der Waals surface area contributed by atoms with E-state index in [0.717, 1.165) is 24.3 Å². The summed E-state index contributed by atoms with van der Waals surface area (Å²) in [5.41, 5.74) is 6.26. The molecule has 0 saturated heterocycles. The standard InChI is InChI=1S/C10H16N2O2/c11-7-9-3-4-10(8-12-9)14-6-2-1-5-13/h3-4,8,13H,1-2,5-7,11H2. The van der Waals surface area contributed by atoms with Gasteiger partial charge in [0, 0.05) is 13.2 Å². The highest BCUT2D eigenvalue weighted by Crippen LogP contribution is 2.09. The first kappa shape index (κ1) is 10.9. The van der Waals surface area contributed by atoms with Gasteiger partial charge >= 0.3 is 0 Å². The second-order valence-electron chi connectivity index (χ2n) is 2.97. The van der Waals surface area contributed by atoms with Crippen molar-refractivity contribution in [1.82, 2.24) is 4.98 Å². The molecular weight excluding hydrogens is 180 g/mol. The third kappa shape index (κ3) is 3.72. The van der Waals surface area contributed by atoms with Crippen LogP contribution in [0.25, 0.3) is 0 Å². The van der Waals surface area contributed by atoms with Crippen LogP contribution in [-0.4, -0.2) is 23.3 Å². The van der Waals surface area contributed by atoms with Gasteiger partial charge in [-0.05, 0) is 25.0 Å². The van der Waals surface area contributed by atoms with Crippen molar-refractivity contribution in [3.8, 4) is 5.75 Å². The summed E-state index contributed by atoms with van der Waals surface area (Å²) in [6.07, 6.45) is 3.30. The third-order valence-corrected chi connectivity index (χ3v) is 1.83. The van der Waals surface area contributed by atoms with E-state index in [2.05, 4.69) is 4.98 Å². The van der Waals surface area contributed by atoms with Crippen molar-refractivity contribution < 1.29 is 9.84 Å². The summed E-state index contributed by atoms with van der Waals surface area (Å²) in [6.45, 7) is 1.28. The summed E-state index contributed by atoms with van der Waals surface area (Å²) in [4.78, 5) is 4.10. The lowest BCUT2D eigenvalue weighted by molar-refractivity contribution is 0.253. The predicted molar refractivity (Wildman–Crippen MR) is 53.9 cm³/mol. The summed E-state index contributed by atoms with van der Waals surface area (Å²) in [5.74, 6) is 0.750. The summed E-state index contributed by atoms with van der Waals surface area (Å²) < 4.78 is 5.39. The Morgan fingerprint density at radius 1 is 1.36 bits per heavy atom. The van der Waals surface area contributed by atoms with E-state index in [9.17, 15) is 0 Å². The number of pyridine rings is 1. The lowest BCUT2D eigenvalue weighted by Crippen LogP contribution is -2.01. The molecule has 1 heterocycles. The average molecular weight is 196 g/mol. The fraction of sp³-hybridized carbons (Fsp3) is 0.500. The molecule has 14 heavy (non-hydrogen) atoms. The molecule has 78 valence electrons. The van der Waals surface area contributed by atoms with E-state index in [4.69, 9.17) is 15.6 Å². The van der Waals surface area contributed by atoms with E-state index in [1.807, 2.05) is 12.1 Å². The molecule has 0 radical (unpaired) electrons. The number of ether oxygens (including phenoxy) is 1. The van der Waals surface area contributed by atoms with Gasteiger partial charge in [0.1, 0.15) is 5.75 Å². The van der Waals surface area contributed by atoms with Crippen LogP contribution in [0.15, 0.2) is 18.3 Å². The molecule has 0 fully saturated rings. The molecule has 0 aliphatic carbocycles. The molecule has 0 aliphatic rings. The lowest BCUT2D eigenvalue weighted by Gasteiger charge is -2.05. The van der Waals surface area contributed by atoms with Crippen LogP contribution in [0, 0.1) is 0 Å². The molecular formula is C10H16N2O2. The topological polar surface area (TPSA) is 68.4 Å². The summed E-state index contributed by atoms with van der Waals surface area (Å²) in [5, 5.41) is 8.55. The Morgan fingerprint density at radius 3 is 2.79 bits per heavy atom. The van der Waals surface area contributed by atoms with Crippen molar-refractivity contribution in [1.29, 1.82) is 0 Å². The van der Waals surface area contributed by atoms with Crippen LogP contribution < -0.4 is 10.5 Å². The molecule has 0 saturated carbocycles. The van der Waals surface area contributed by atoms with Gasteiger partial charge in [0.15, 0.2) is 0 Å². The van der Waals surface area contributed by atoms with Gasteiger partial charge in [-0.25, -0.2) is 0 Å². The maximum Gasteiger partial charge on any atom is 0.137 e. The van der Waals surface area contributed by atoms with Gasteiger partial charge < -0.3 is 15.6 Å². The van der Waals surface area contributed by atoms with Crippen molar-refractivity contribution in [2.75, 3.05) is 13.2 Å². The minimum absolute atomic E-state index is 0.216. The highest BCUT2D eigenvalue weighted by molar-refractivity contribution is 5.19. The largest absolute Gasteiger partial charge is 0.492 e. The molecule has 0 aromatic carbocycles. The van der Waals surface area contributed by atoms with Crippen molar-refractivity contribution in [2.45, 2.75) is 19.4 Å². The smallest absolute Gasteiger partial charge is 0.137 e. The summed E-state index contributed by atoms with van der Waals surface area (Å²) in [7, 11) is 0. The second-order valence-corrected chi connectivity index (χ2v) is 2.97. The van der Waals surface area contributed by atoms with E-state index >= 15 is 0 Å². The molecule has 1 aromatic heterocycles. The summed E-state index contributed by atoms with van der Waals surface area (Å²) in [6, 6.07) is 3.70. The van der Waals surface area contributed by atoms with Crippen LogP contribution in [0.1, 0.15) is 18.5 Å². The number of nitrogens with zero attached hydrogens (tertiary/aromatic N) is 1. The van der Waals surface area contributed by atoms with E-state index < -0.39 is 0 Å². The van der Waals surface area contributed by atoms with E-state index in [1.165, 1.54) is 0 Å². The Hall–Kier alpha value is -1.13. The Labute approximate surface area is 83.7 Å². The average Bonchev–Trinajstić information content (AvgIpc) is 2.25. The number of hydrogen-bond acceptors (Lipinski definition) is 4. The molecule has 0 unspecified atom stereocenters. The van der Waals surface area contributed by atoms with Crippen molar-refractivity contribution in [3.05, 3.63) is 24.0 Å². The first-order valence-corrected chi connectivity index (χ1v) is 4.75. The SMILES string of the molecule is NCc1ccc(OCCCCO)cn1. The number of hydrogen-bond donors (Lipinski definition) is 2. The molecule has 3 N–H and O–H groups in total. The molecule has 4 nitrogen and oxygen atoms in total. The summed E-state index contributed by atoms with van der Waals surface area (Å²) >= 11 is 0. The van der Waals surface area contributed by atoms with Gasteiger partial charge in [0.2, 0.25) is 0 Å². The number of unbranched alkanes of at least 4 members (excludes halogenated alkanes) is 1. The van der Waals surface area contributed by atoms with Crippen LogP contribution >= 0.6 is 0 Å². The van der Waals surface area contributed by atoms with Gasteiger partial charge in [-0.2, -0.15) is 0 Å². The maximum atomic E-state index is 8.55.